The largest absolute Gasteiger partial charge is 0.489 e. The van der Waals surface area contributed by atoms with E-state index in [1.807, 2.05) is 24.3 Å². The van der Waals surface area contributed by atoms with Gasteiger partial charge in [0.2, 0.25) is 11.8 Å². The van der Waals surface area contributed by atoms with E-state index in [1.165, 1.54) is 12.8 Å². The van der Waals surface area contributed by atoms with Gasteiger partial charge in [0.15, 0.2) is 0 Å². The molecule has 0 saturated carbocycles. The molecule has 202 valence electrons. The Morgan fingerprint density at radius 2 is 1.90 bits per heavy atom. The first kappa shape index (κ1) is 25.4. The van der Waals surface area contributed by atoms with Crippen LogP contribution in [0, 0.1) is 0 Å². The van der Waals surface area contributed by atoms with Crippen LogP contribution >= 0.6 is 0 Å². The molecule has 1 aromatic carbocycles. The maximum atomic E-state index is 13.2. The van der Waals surface area contributed by atoms with E-state index < -0.39 is 11.9 Å². The highest BCUT2D eigenvalue weighted by Crippen LogP contribution is 2.34. The van der Waals surface area contributed by atoms with Crippen LogP contribution in [0.4, 0.5) is 0 Å². The Kier molecular flexibility index (Phi) is 6.97. The van der Waals surface area contributed by atoms with Crippen LogP contribution in [0.2, 0.25) is 0 Å². The van der Waals surface area contributed by atoms with Crippen LogP contribution in [0.25, 0.3) is 22.3 Å². The third-order valence-corrected chi connectivity index (χ3v) is 7.69. The summed E-state index contributed by atoms with van der Waals surface area (Å²) in [5, 5.41) is 2.36. The van der Waals surface area contributed by atoms with E-state index >= 15 is 0 Å². The van der Waals surface area contributed by atoms with Crippen molar-refractivity contribution in [3.63, 3.8) is 0 Å². The minimum atomic E-state index is -0.644. The molecule has 10 nitrogen and oxygen atoms in total. The predicted molar refractivity (Wildman–Crippen MR) is 143 cm³/mol. The zero-order valence-corrected chi connectivity index (χ0v) is 21.9. The van der Waals surface area contributed by atoms with Gasteiger partial charge in [0.1, 0.15) is 23.9 Å². The number of nitrogens with zero attached hydrogens (tertiary/aromatic N) is 4. The van der Waals surface area contributed by atoms with Crippen LogP contribution in [0.3, 0.4) is 0 Å². The normalized spacial score (nSPS) is 19.6. The van der Waals surface area contributed by atoms with Crippen LogP contribution in [0.15, 0.2) is 36.5 Å². The molecule has 0 spiro atoms. The van der Waals surface area contributed by atoms with Crippen LogP contribution in [-0.4, -0.2) is 76.9 Å². The van der Waals surface area contributed by atoms with Gasteiger partial charge < -0.3 is 14.4 Å². The summed E-state index contributed by atoms with van der Waals surface area (Å²) in [6.45, 7) is 4.07. The second-order valence-corrected chi connectivity index (χ2v) is 10.3. The SMILES string of the molecule is COCCOc1ccnc2c(CN3CCCC3)cc(-c3ccc4c(c3)CN(C3CCC(=O)NC3=O)C4=O)nc12. The number of methoxy groups -OCH3 is 1. The Hall–Kier alpha value is -3.89. The highest BCUT2D eigenvalue weighted by atomic mass is 16.5. The van der Waals surface area contributed by atoms with E-state index in [0.29, 0.717) is 43.0 Å². The summed E-state index contributed by atoms with van der Waals surface area (Å²) in [5.41, 5.74) is 5.66. The Morgan fingerprint density at radius 1 is 1.05 bits per heavy atom. The minimum Gasteiger partial charge on any atom is -0.489 e. The fourth-order valence-electron chi connectivity index (χ4n) is 5.70. The Bertz CT molecular complexity index is 1450. The Labute approximate surface area is 226 Å². The molecule has 3 aromatic rings. The summed E-state index contributed by atoms with van der Waals surface area (Å²) < 4.78 is 11.2. The first-order valence-corrected chi connectivity index (χ1v) is 13.4. The number of imide groups is 1. The van der Waals surface area contributed by atoms with Crippen molar-refractivity contribution in [2.24, 2.45) is 0 Å². The second kappa shape index (κ2) is 10.7. The van der Waals surface area contributed by atoms with Gasteiger partial charge in [-0.05, 0) is 61.7 Å². The molecule has 1 N–H and O–H groups in total. The lowest BCUT2D eigenvalue weighted by molar-refractivity contribution is -0.136. The number of nitrogens with one attached hydrogen (secondary N) is 1. The van der Waals surface area contributed by atoms with Crippen molar-refractivity contribution in [3.05, 3.63) is 53.2 Å². The summed E-state index contributed by atoms with van der Waals surface area (Å²) in [6.07, 6.45) is 4.70. The molecule has 2 saturated heterocycles. The van der Waals surface area contributed by atoms with Gasteiger partial charge in [0, 0.05) is 50.0 Å². The summed E-state index contributed by atoms with van der Waals surface area (Å²) >= 11 is 0. The maximum absolute atomic E-state index is 13.2. The average molecular weight is 530 g/mol. The lowest BCUT2D eigenvalue weighted by Crippen LogP contribution is -2.52. The van der Waals surface area contributed by atoms with Crippen molar-refractivity contribution in [3.8, 4) is 17.0 Å². The number of hydrogen-bond donors (Lipinski definition) is 1. The smallest absolute Gasteiger partial charge is 0.255 e. The van der Waals surface area contributed by atoms with Crippen LogP contribution in [0.5, 0.6) is 5.75 Å². The first-order valence-electron chi connectivity index (χ1n) is 13.4. The number of benzene rings is 1. The van der Waals surface area contributed by atoms with Gasteiger partial charge in [-0.1, -0.05) is 6.07 Å². The van der Waals surface area contributed by atoms with E-state index in [2.05, 4.69) is 21.3 Å². The third kappa shape index (κ3) is 4.97. The zero-order chi connectivity index (χ0) is 26.9. The number of aromatic nitrogens is 2. The van der Waals surface area contributed by atoms with Crippen molar-refractivity contribution in [2.75, 3.05) is 33.4 Å². The van der Waals surface area contributed by atoms with Gasteiger partial charge >= 0.3 is 0 Å². The highest BCUT2D eigenvalue weighted by Gasteiger charge is 2.39. The van der Waals surface area contributed by atoms with Crippen molar-refractivity contribution >= 4 is 28.8 Å². The fraction of sp³-hybridized carbons (Fsp3) is 0.414. The van der Waals surface area contributed by atoms with E-state index in [1.54, 1.807) is 18.2 Å². The molecule has 0 bridgehead atoms. The van der Waals surface area contributed by atoms with Gasteiger partial charge in [0.05, 0.1) is 17.8 Å². The molecule has 1 unspecified atom stereocenters. The number of ether oxygens (including phenoxy) is 2. The lowest BCUT2D eigenvalue weighted by Gasteiger charge is -2.29. The molecular formula is C29H31N5O5. The van der Waals surface area contributed by atoms with Gasteiger partial charge in [-0.15, -0.1) is 0 Å². The number of pyridine rings is 2. The second-order valence-electron chi connectivity index (χ2n) is 10.3. The number of likely N-dealkylation sites (tertiary alicyclic amines) is 1. The summed E-state index contributed by atoms with van der Waals surface area (Å²) in [7, 11) is 1.64. The topological polar surface area (TPSA) is 114 Å². The first-order chi connectivity index (χ1) is 19.0. The molecule has 3 amide bonds. The van der Waals surface area contributed by atoms with Crippen molar-refractivity contribution in [2.45, 2.75) is 44.8 Å². The molecule has 2 aromatic heterocycles. The highest BCUT2D eigenvalue weighted by molar-refractivity contribution is 6.05. The summed E-state index contributed by atoms with van der Waals surface area (Å²) in [5.74, 6) is -0.244. The molecule has 0 radical (unpaired) electrons. The summed E-state index contributed by atoms with van der Waals surface area (Å²) in [6, 6.07) is 8.96. The van der Waals surface area contributed by atoms with Gasteiger partial charge in [0.25, 0.3) is 5.91 Å². The Balaban J connectivity index is 1.36. The number of rotatable bonds is 8. The zero-order valence-electron chi connectivity index (χ0n) is 21.9. The molecule has 3 aliphatic heterocycles. The number of amides is 3. The quantitative estimate of drug-likeness (QED) is 0.350. The minimum absolute atomic E-state index is 0.190. The monoisotopic (exact) mass is 529 g/mol. The van der Waals surface area contributed by atoms with Crippen LogP contribution in [0.1, 0.15) is 47.2 Å². The standard InChI is InChI=1S/C29H31N5O5/c1-38-12-13-39-24-8-9-30-26-20(16-33-10-2-3-11-33)15-22(31-27(24)26)18-4-5-21-19(14-18)17-34(29(21)37)23-6-7-25(35)32-28(23)36/h4-5,8-9,14-15,23H,2-3,6-7,10-13,16-17H2,1H3,(H,32,35,36). The number of carbonyl (C=O) groups is 3. The molecular weight excluding hydrogens is 498 g/mol. The van der Waals surface area contributed by atoms with E-state index in [0.717, 1.165) is 47.5 Å². The van der Waals surface area contributed by atoms with Crippen molar-refractivity contribution < 1.29 is 23.9 Å². The molecule has 1 atom stereocenters. The molecule has 6 rings (SSSR count). The van der Waals surface area contributed by atoms with E-state index in [-0.39, 0.29) is 18.2 Å². The molecule has 10 heteroatoms. The maximum Gasteiger partial charge on any atom is 0.255 e. The number of fused-ring (bicyclic) bond motifs is 2. The molecule has 5 heterocycles. The van der Waals surface area contributed by atoms with Crippen LogP contribution < -0.4 is 10.1 Å². The molecule has 39 heavy (non-hydrogen) atoms. The van der Waals surface area contributed by atoms with Gasteiger partial charge in [-0.3, -0.25) is 29.6 Å². The van der Waals surface area contributed by atoms with Gasteiger partial charge in [-0.2, -0.15) is 0 Å². The Morgan fingerprint density at radius 3 is 2.69 bits per heavy atom. The summed E-state index contributed by atoms with van der Waals surface area (Å²) in [4.78, 5) is 50.9. The third-order valence-electron chi connectivity index (χ3n) is 7.69. The molecule has 0 aliphatic carbocycles. The predicted octanol–water partition coefficient (Wildman–Crippen LogP) is 2.68. The van der Waals surface area contributed by atoms with Crippen molar-refractivity contribution in [1.82, 2.24) is 25.1 Å². The number of piperidine rings is 1. The molecule has 3 aliphatic rings. The number of carbonyl (C=O) groups excluding carboxylic acids is 3. The van der Waals surface area contributed by atoms with Crippen molar-refractivity contribution in [1.29, 1.82) is 0 Å². The average Bonchev–Trinajstić information content (AvgIpc) is 3.56. The van der Waals surface area contributed by atoms with Gasteiger partial charge in [-0.25, -0.2) is 4.98 Å². The van der Waals surface area contributed by atoms with E-state index in [9.17, 15) is 14.4 Å². The molecule has 2 fully saturated rings. The van der Waals surface area contributed by atoms with E-state index in [4.69, 9.17) is 14.5 Å². The lowest BCUT2D eigenvalue weighted by atomic mass is 10.0. The fourth-order valence-corrected chi connectivity index (χ4v) is 5.70. The number of hydrogen-bond acceptors (Lipinski definition) is 8. The van der Waals surface area contributed by atoms with Crippen LogP contribution in [-0.2, 0) is 27.4 Å².